The Labute approximate surface area is 164 Å². The highest BCUT2D eigenvalue weighted by Gasteiger charge is 2.52. The molecule has 1 aliphatic carbocycles. The number of hydrogen-bond acceptors (Lipinski definition) is 6. The monoisotopic (exact) mass is 407 g/mol. The van der Waals surface area contributed by atoms with Crippen LogP contribution < -0.4 is 10.7 Å². The third-order valence-electron chi connectivity index (χ3n) is 5.96. The number of carbonyl (C=O) groups is 2. The van der Waals surface area contributed by atoms with E-state index in [9.17, 15) is 18.0 Å². The van der Waals surface area contributed by atoms with Crippen molar-refractivity contribution >= 4 is 27.8 Å². The first-order valence-electron chi connectivity index (χ1n) is 9.71. The Morgan fingerprint density at radius 1 is 1.18 bits per heavy atom. The summed E-state index contributed by atoms with van der Waals surface area (Å²) < 4.78 is 26.6. The summed E-state index contributed by atoms with van der Waals surface area (Å²) in [6.07, 6.45) is 6.00. The molecule has 9 nitrogen and oxygen atoms in total. The molecule has 0 atom stereocenters. The number of nitrogens with zero attached hydrogens (tertiary/aromatic N) is 3. The third-order valence-corrected chi connectivity index (χ3v) is 7.84. The summed E-state index contributed by atoms with van der Waals surface area (Å²) in [5.41, 5.74) is 1.89. The number of hydrazine groups is 1. The van der Waals surface area contributed by atoms with Crippen molar-refractivity contribution in [2.75, 3.05) is 18.5 Å². The van der Waals surface area contributed by atoms with Gasteiger partial charge in [-0.05, 0) is 56.6 Å². The van der Waals surface area contributed by atoms with Crippen LogP contribution in [0.1, 0.15) is 45.4 Å². The molecule has 0 bridgehead atoms. The van der Waals surface area contributed by atoms with E-state index in [1.807, 2.05) is 0 Å². The number of sulfonamides is 1. The summed E-state index contributed by atoms with van der Waals surface area (Å²) in [5, 5.41) is 3.78. The van der Waals surface area contributed by atoms with Crippen molar-refractivity contribution in [1.29, 1.82) is 0 Å². The highest BCUT2D eigenvalue weighted by atomic mass is 32.2. The summed E-state index contributed by atoms with van der Waals surface area (Å²) in [6, 6.07) is 2.41. The maximum Gasteiger partial charge on any atom is 0.344 e. The molecule has 0 aromatic carbocycles. The van der Waals surface area contributed by atoms with Gasteiger partial charge in [-0.25, -0.2) is 18.2 Å². The second-order valence-corrected chi connectivity index (χ2v) is 9.88. The van der Waals surface area contributed by atoms with Gasteiger partial charge in [-0.15, -0.1) is 0 Å². The molecular formula is C18H25N5O4S. The highest BCUT2D eigenvalue weighted by molar-refractivity contribution is 7.89. The molecule has 2 aliphatic heterocycles. The van der Waals surface area contributed by atoms with E-state index in [0.29, 0.717) is 31.8 Å². The fourth-order valence-corrected chi connectivity index (χ4v) is 5.57. The molecule has 2 N–H and O–H groups in total. The predicted molar refractivity (Wildman–Crippen MR) is 102 cm³/mol. The first kappa shape index (κ1) is 19.1. The Morgan fingerprint density at radius 2 is 1.86 bits per heavy atom. The number of nitrogens with one attached hydrogen (secondary N) is 2. The molecule has 0 radical (unpaired) electrons. The molecule has 1 aromatic rings. The van der Waals surface area contributed by atoms with Gasteiger partial charge in [0.2, 0.25) is 10.0 Å². The number of carbonyl (C=O) groups excluding carboxylic acids is 2. The number of pyridine rings is 1. The highest BCUT2D eigenvalue weighted by Crippen LogP contribution is 2.36. The van der Waals surface area contributed by atoms with Crippen LogP contribution in [0, 0.1) is 5.92 Å². The SMILES string of the molecule is CC1CCC2(CC1)NC(=O)N(Nc1ccc(S(=O)(=O)N3CCCC3)cn1)C2=O. The Kier molecular flexibility index (Phi) is 4.78. The first-order chi connectivity index (χ1) is 13.3. The number of amides is 3. The summed E-state index contributed by atoms with van der Waals surface area (Å²) in [4.78, 5) is 29.4. The van der Waals surface area contributed by atoms with E-state index < -0.39 is 21.6 Å². The number of rotatable bonds is 4. The van der Waals surface area contributed by atoms with Crippen LogP contribution in [0.15, 0.2) is 23.2 Å². The molecule has 0 unspecified atom stereocenters. The van der Waals surface area contributed by atoms with E-state index in [2.05, 4.69) is 22.7 Å². The summed E-state index contributed by atoms with van der Waals surface area (Å²) >= 11 is 0. The maximum atomic E-state index is 12.9. The minimum absolute atomic E-state index is 0.106. The smallest absolute Gasteiger partial charge is 0.322 e. The van der Waals surface area contributed by atoms with E-state index in [4.69, 9.17) is 0 Å². The molecule has 4 rings (SSSR count). The number of hydrogen-bond donors (Lipinski definition) is 2. The maximum absolute atomic E-state index is 12.9. The predicted octanol–water partition coefficient (Wildman–Crippen LogP) is 1.69. The van der Waals surface area contributed by atoms with Gasteiger partial charge in [-0.1, -0.05) is 6.92 Å². The Morgan fingerprint density at radius 3 is 2.46 bits per heavy atom. The van der Waals surface area contributed by atoms with Crippen molar-refractivity contribution in [3.05, 3.63) is 18.3 Å². The second-order valence-electron chi connectivity index (χ2n) is 7.94. The summed E-state index contributed by atoms with van der Waals surface area (Å²) in [7, 11) is -3.55. The van der Waals surface area contributed by atoms with Crippen molar-refractivity contribution in [2.24, 2.45) is 5.92 Å². The fourth-order valence-electron chi connectivity index (χ4n) is 4.11. The van der Waals surface area contributed by atoms with E-state index in [1.54, 1.807) is 0 Å². The van der Waals surface area contributed by atoms with Gasteiger partial charge in [-0.3, -0.25) is 10.2 Å². The molecule has 3 amide bonds. The Hall–Kier alpha value is -2.20. The lowest BCUT2D eigenvalue weighted by atomic mass is 9.77. The van der Waals surface area contributed by atoms with E-state index in [-0.39, 0.29) is 16.6 Å². The number of urea groups is 1. The normalized spacial score (nSPS) is 28.8. The van der Waals surface area contributed by atoms with Crippen LogP contribution in [0.3, 0.4) is 0 Å². The van der Waals surface area contributed by atoms with Gasteiger partial charge in [0.15, 0.2) is 0 Å². The van der Waals surface area contributed by atoms with Gasteiger partial charge in [-0.2, -0.15) is 9.31 Å². The minimum Gasteiger partial charge on any atom is -0.322 e. The van der Waals surface area contributed by atoms with Gasteiger partial charge in [0.25, 0.3) is 5.91 Å². The van der Waals surface area contributed by atoms with Crippen LogP contribution in [0.25, 0.3) is 0 Å². The van der Waals surface area contributed by atoms with Crippen LogP contribution in [-0.2, 0) is 14.8 Å². The Bertz CT molecular complexity index is 872. The molecule has 10 heteroatoms. The second kappa shape index (κ2) is 7.00. The number of anilines is 1. The quantitative estimate of drug-likeness (QED) is 0.735. The lowest BCUT2D eigenvalue weighted by Crippen LogP contribution is -2.49. The molecule has 28 heavy (non-hydrogen) atoms. The van der Waals surface area contributed by atoms with Crippen molar-refractivity contribution in [3.63, 3.8) is 0 Å². The fraction of sp³-hybridized carbons (Fsp3) is 0.611. The van der Waals surface area contributed by atoms with E-state index in [0.717, 1.165) is 30.7 Å². The number of aromatic nitrogens is 1. The van der Waals surface area contributed by atoms with Crippen LogP contribution >= 0.6 is 0 Å². The number of imide groups is 1. The van der Waals surface area contributed by atoms with Crippen LogP contribution in [0.4, 0.5) is 10.6 Å². The lowest BCUT2D eigenvalue weighted by Gasteiger charge is -2.33. The van der Waals surface area contributed by atoms with Crippen molar-refractivity contribution < 1.29 is 18.0 Å². The van der Waals surface area contributed by atoms with Gasteiger partial charge in [0, 0.05) is 19.3 Å². The molecule has 3 aliphatic rings. The zero-order valence-corrected chi connectivity index (χ0v) is 16.7. The zero-order valence-electron chi connectivity index (χ0n) is 15.8. The van der Waals surface area contributed by atoms with E-state index >= 15 is 0 Å². The molecule has 152 valence electrons. The van der Waals surface area contributed by atoms with Crippen molar-refractivity contribution in [2.45, 2.75) is 55.9 Å². The van der Waals surface area contributed by atoms with Gasteiger partial charge < -0.3 is 5.32 Å². The van der Waals surface area contributed by atoms with Crippen molar-refractivity contribution in [1.82, 2.24) is 19.6 Å². The van der Waals surface area contributed by atoms with Crippen LogP contribution in [0.2, 0.25) is 0 Å². The molecule has 3 heterocycles. The third kappa shape index (κ3) is 3.24. The summed E-state index contributed by atoms with van der Waals surface area (Å²) in [6.45, 7) is 3.18. The molecule has 1 aromatic heterocycles. The average molecular weight is 407 g/mol. The molecule has 2 saturated heterocycles. The Balaban J connectivity index is 1.47. The first-order valence-corrected chi connectivity index (χ1v) is 11.2. The van der Waals surface area contributed by atoms with Gasteiger partial charge in [0.1, 0.15) is 16.3 Å². The van der Waals surface area contributed by atoms with Crippen molar-refractivity contribution in [3.8, 4) is 0 Å². The van der Waals surface area contributed by atoms with Gasteiger partial charge >= 0.3 is 6.03 Å². The minimum atomic E-state index is -3.55. The standard InChI is InChI=1S/C18H25N5O4S/c1-13-6-8-18(9-7-13)16(24)23(17(25)20-18)21-15-5-4-14(12-19-15)28(26,27)22-10-2-3-11-22/h4-5,12-13H,2-3,6-11H2,1H3,(H,19,21)(H,20,25). The van der Waals surface area contributed by atoms with Gasteiger partial charge in [0.05, 0.1) is 0 Å². The summed E-state index contributed by atoms with van der Waals surface area (Å²) in [5.74, 6) is 0.481. The largest absolute Gasteiger partial charge is 0.344 e. The van der Waals surface area contributed by atoms with Crippen LogP contribution in [-0.4, -0.2) is 53.3 Å². The molecular weight excluding hydrogens is 382 g/mol. The topological polar surface area (TPSA) is 112 Å². The molecule has 1 saturated carbocycles. The lowest BCUT2D eigenvalue weighted by molar-refractivity contribution is -0.131. The van der Waals surface area contributed by atoms with Crippen LogP contribution in [0.5, 0.6) is 0 Å². The molecule has 1 spiro atoms. The average Bonchev–Trinajstić information content (AvgIpc) is 3.29. The van der Waals surface area contributed by atoms with E-state index in [1.165, 1.54) is 22.6 Å². The zero-order chi connectivity index (χ0) is 19.9. The molecule has 3 fully saturated rings.